The average molecular weight is 366 g/mol. The van der Waals surface area contributed by atoms with Crippen LogP contribution in [0.5, 0.6) is 0 Å². The first-order chi connectivity index (χ1) is 12.6. The van der Waals surface area contributed by atoms with E-state index in [1.807, 2.05) is 25.3 Å². The van der Waals surface area contributed by atoms with Gasteiger partial charge in [-0.1, -0.05) is 29.5 Å². The van der Waals surface area contributed by atoms with E-state index in [2.05, 4.69) is 38.7 Å². The molecular formula is C19H15FN4OS. The Labute approximate surface area is 152 Å². The van der Waals surface area contributed by atoms with Crippen LogP contribution in [-0.4, -0.2) is 27.3 Å². The number of fused-ring (bicyclic) bond motifs is 2. The predicted octanol–water partition coefficient (Wildman–Crippen LogP) is 4.44. The Balaban J connectivity index is 1.52. The molecule has 1 aliphatic carbocycles. The molecular weight excluding hydrogens is 351 g/mol. The number of thiazole rings is 1. The normalized spacial score (nSPS) is 19.2. The number of amides is 1. The number of carbonyl (C=O) groups is 1. The zero-order valence-corrected chi connectivity index (χ0v) is 14.7. The van der Waals surface area contributed by atoms with E-state index >= 15 is 0 Å². The lowest BCUT2D eigenvalue weighted by molar-refractivity contribution is -0.117. The third-order valence-electron chi connectivity index (χ3n) is 4.80. The van der Waals surface area contributed by atoms with Gasteiger partial charge in [0.05, 0.1) is 27.8 Å². The number of hydrogen-bond acceptors (Lipinski definition) is 4. The number of aryl methyl sites for hydroxylation is 1. The summed E-state index contributed by atoms with van der Waals surface area (Å²) in [5.41, 5.74) is 5.16. The van der Waals surface area contributed by atoms with Crippen molar-refractivity contribution in [3.8, 4) is 11.1 Å². The Kier molecular flexibility index (Phi) is 3.33. The first-order valence-electron chi connectivity index (χ1n) is 8.39. The van der Waals surface area contributed by atoms with E-state index in [1.165, 1.54) is 11.3 Å². The third kappa shape index (κ3) is 2.47. The number of aromatic amines is 1. The quantitative estimate of drug-likeness (QED) is 0.563. The zero-order valence-electron chi connectivity index (χ0n) is 13.9. The Hall–Kier alpha value is -2.80. The van der Waals surface area contributed by atoms with Crippen molar-refractivity contribution in [1.82, 2.24) is 15.2 Å². The lowest BCUT2D eigenvalue weighted by atomic mass is 10.00. The van der Waals surface area contributed by atoms with Gasteiger partial charge in [0.15, 0.2) is 5.13 Å². The second kappa shape index (κ2) is 5.60. The number of H-pyrrole nitrogens is 1. The molecule has 2 heterocycles. The molecule has 5 rings (SSSR count). The van der Waals surface area contributed by atoms with Gasteiger partial charge >= 0.3 is 0 Å². The molecule has 4 aromatic rings. The molecule has 0 radical (unpaired) electrons. The van der Waals surface area contributed by atoms with Gasteiger partial charge in [0, 0.05) is 5.39 Å². The van der Waals surface area contributed by atoms with E-state index in [-0.39, 0.29) is 5.91 Å². The van der Waals surface area contributed by atoms with Crippen LogP contribution in [-0.2, 0) is 4.79 Å². The molecule has 5 nitrogen and oxygen atoms in total. The number of halogens is 1. The Bertz CT molecular complexity index is 1160. The summed E-state index contributed by atoms with van der Waals surface area (Å²) < 4.78 is 14.0. The molecule has 1 aliphatic rings. The van der Waals surface area contributed by atoms with Crippen molar-refractivity contribution in [2.45, 2.75) is 19.5 Å². The topological polar surface area (TPSA) is 70.7 Å². The SMILES string of the molecule is Cc1ccc(-c2ccc3nc(NC(=O)[C@@H]4CC4F)sc3c2)c2cn[nH]c12. The zero-order chi connectivity index (χ0) is 17.8. The molecule has 0 spiro atoms. The Morgan fingerprint density at radius 1 is 1.35 bits per heavy atom. The molecule has 26 heavy (non-hydrogen) atoms. The van der Waals surface area contributed by atoms with Crippen molar-refractivity contribution >= 4 is 43.5 Å². The molecule has 2 aromatic carbocycles. The van der Waals surface area contributed by atoms with E-state index < -0.39 is 12.1 Å². The number of aromatic nitrogens is 3. The van der Waals surface area contributed by atoms with Gasteiger partial charge < -0.3 is 5.32 Å². The summed E-state index contributed by atoms with van der Waals surface area (Å²) in [5.74, 6) is -0.796. The van der Waals surface area contributed by atoms with Crippen LogP contribution in [0.2, 0.25) is 0 Å². The van der Waals surface area contributed by atoms with Crippen LogP contribution in [0, 0.1) is 12.8 Å². The second-order valence-electron chi connectivity index (χ2n) is 6.64. The summed E-state index contributed by atoms with van der Waals surface area (Å²) in [4.78, 5) is 16.3. The standard InChI is InChI=1S/C19H15FN4OS/c1-9-2-4-11(13-8-21-24-17(9)13)10-3-5-15-16(6-10)26-19(22-15)23-18(25)12-7-14(12)20/h2-6,8,12,14H,7H2,1H3,(H,21,24)(H,22,23,25)/t12-,14?/m1/s1. The highest BCUT2D eigenvalue weighted by molar-refractivity contribution is 7.22. The average Bonchev–Trinajstić information content (AvgIpc) is 3.03. The first kappa shape index (κ1) is 15.5. The minimum Gasteiger partial charge on any atom is -0.302 e. The van der Waals surface area contributed by atoms with E-state index in [4.69, 9.17) is 0 Å². The highest BCUT2D eigenvalue weighted by Gasteiger charge is 2.43. The summed E-state index contributed by atoms with van der Waals surface area (Å²) in [6, 6.07) is 10.2. The number of hydrogen-bond donors (Lipinski definition) is 2. The minimum absolute atomic E-state index is 0.282. The summed E-state index contributed by atoms with van der Waals surface area (Å²) in [5, 5.41) is 11.5. The Morgan fingerprint density at radius 3 is 3.00 bits per heavy atom. The van der Waals surface area contributed by atoms with Crippen molar-refractivity contribution < 1.29 is 9.18 Å². The van der Waals surface area contributed by atoms with Gasteiger partial charge in [-0.05, 0) is 42.2 Å². The molecule has 130 valence electrons. The first-order valence-corrected chi connectivity index (χ1v) is 9.20. The summed E-state index contributed by atoms with van der Waals surface area (Å²) >= 11 is 1.40. The highest BCUT2D eigenvalue weighted by atomic mass is 32.1. The molecule has 1 unspecified atom stereocenters. The lowest BCUT2D eigenvalue weighted by Gasteiger charge is -2.05. The minimum atomic E-state index is -1.00. The van der Waals surface area contributed by atoms with Crippen LogP contribution in [0.1, 0.15) is 12.0 Å². The summed E-state index contributed by atoms with van der Waals surface area (Å²) in [6.07, 6.45) is 1.15. The van der Waals surface area contributed by atoms with Crippen molar-refractivity contribution in [3.63, 3.8) is 0 Å². The number of alkyl halides is 1. The molecule has 0 saturated heterocycles. The number of nitrogens with zero attached hydrogens (tertiary/aromatic N) is 2. The fraction of sp³-hybridized carbons (Fsp3) is 0.211. The maximum atomic E-state index is 13.0. The number of benzene rings is 2. The van der Waals surface area contributed by atoms with Crippen LogP contribution >= 0.6 is 11.3 Å². The number of carbonyl (C=O) groups excluding carboxylic acids is 1. The van der Waals surface area contributed by atoms with Crippen molar-refractivity contribution in [2.24, 2.45) is 5.92 Å². The molecule has 7 heteroatoms. The molecule has 1 saturated carbocycles. The van der Waals surface area contributed by atoms with Gasteiger partial charge in [-0.25, -0.2) is 9.37 Å². The van der Waals surface area contributed by atoms with E-state index in [9.17, 15) is 9.18 Å². The summed E-state index contributed by atoms with van der Waals surface area (Å²) in [6.45, 7) is 2.05. The van der Waals surface area contributed by atoms with Crippen LogP contribution in [0.3, 0.4) is 0 Å². The van der Waals surface area contributed by atoms with E-state index in [0.29, 0.717) is 11.6 Å². The molecule has 2 aromatic heterocycles. The van der Waals surface area contributed by atoms with Crippen molar-refractivity contribution in [3.05, 3.63) is 42.1 Å². The van der Waals surface area contributed by atoms with Crippen LogP contribution in [0.25, 0.3) is 32.2 Å². The van der Waals surface area contributed by atoms with E-state index in [1.54, 1.807) is 0 Å². The van der Waals surface area contributed by atoms with Crippen molar-refractivity contribution in [1.29, 1.82) is 0 Å². The van der Waals surface area contributed by atoms with Gasteiger partial charge in [0.1, 0.15) is 6.17 Å². The van der Waals surface area contributed by atoms with Crippen LogP contribution < -0.4 is 5.32 Å². The lowest BCUT2D eigenvalue weighted by Crippen LogP contribution is -2.14. The third-order valence-corrected chi connectivity index (χ3v) is 5.74. The van der Waals surface area contributed by atoms with Gasteiger partial charge in [-0.15, -0.1) is 0 Å². The van der Waals surface area contributed by atoms with Gasteiger partial charge in [-0.3, -0.25) is 9.89 Å². The molecule has 1 fully saturated rings. The van der Waals surface area contributed by atoms with Crippen LogP contribution in [0.15, 0.2) is 36.5 Å². The summed E-state index contributed by atoms with van der Waals surface area (Å²) in [7, 11) is 0. The maximum Gasteiger partial charge on any atom is 0.232 e. The van der Waals surface area contributed by atoms with E-state index in [0.717, 1.165) is 37.8 Å². The van der Waals surface area contributed by atoms with Gasteiger partial charge in [0.25, 0.3) is 0 Å². The fourth-order valence-electron chi connectivity index (χ4n) is 3.20. The monoisotopic (exact) mass is 366 g/mol. The Morgan fingerprint density at radius 2 is 2.19 bits per heavy atom. The van der Waals surface area contributed by atoms with Gasteiger partial charge in [-0.2, -0.15) is 5.10 Å². The second-order valence-corrected chi connectivity index (χ2v) is 7.67. The molecule has 0 bridgehead atoms. The largest absolute Gasteiger partial charge is 0.302 e. The molecule has 0 aliphatic heterocycles. The predicted molar refractivity (Wildman–Crippen MR) is 101 cm³/mol. The molecule has 1 amide bonds. The number of anilines is 1. The number of rotatable bonds is 3. The fourth-order valence-corrected chi connectivity index (χ4v) is 4.11. The maximum absolute atomic E-state index is 13.0. The van der Waals surface area contributed by atoms with Gasteiger partial charge in [0.2, 0.25) is 5.91 Å². The van der Waals surface area contributed by atoms with Crippen molar-refractivity contribution in [2.75, 3.05) is 5.32 Å². The van der Waals surface area contributed by atoms with Crippen LogP contribution in [0.4, 0.5) is 9.52 Å². The molecule has 2 N–H and O–H groups in total. The number of nitrogens with one attached hydrogen (secondary N) is 2. The molecule has 2 atom stereocenters. The highest BCUT2D eigenvalue weighted by Crippen LogP contribution is 2.37. The smallest absolute Gasteiger partial charge is 0.232 e.